The minimum absolute atomic E-state index is 0.0878. The first-order valence-corrected chi connectivity index (χ1v) is 16.9. The number of likely N-dealkylation sites (tertiary alicyclic amines) is 1. The quantitative estimate of drug-likeness (QED) is 0.182. The minimum atomic E-state index is -0.489. The number of amides is 3. The molecule has 2 aromatic carbocycles. The van der Waals surface area contributed by atoms with Crippen LogP contribution in [0.25, 0.3) is 11.3 Å². The van der Waals surface area contributed by atoms with Gasteiger partial charge in [-0.15, -0.1) is 0 Å². The number of imidazole rings is 1. The van der Waals surface area contributed by atoms with Gasteiger partial charge in [-0.2, -0.15) is 0 Å². The maximum Gasteiger partial charge on any atom is 0.242 e. The second-order valence-electron chi connectivity index (χ2n) is 11.7. The van der Waals surface area contributed by atoms with E-state index < -0.39 is 6.10 Å². The SMILES string of the molecule is O=C(CCOCCOCCOc1ccc(-c2cn3c(n2)CCC3)cc1CNC(=O)Cc1ccc(Cl)c(Cl)c1)NCC(=O)N1CCC(O)C1. The molecule has 0 saturated carbocycles. The molecule has 0 spiro atoms. The molecule has 3 N–H and O–H groups in total. The van der Waals surface area contributed by atoms with Gasteiger partial charge in [0.05, 0.1) is 61.2 Å². The van der Waals surface area contributed by atoms with Crippen molar-refractivity contribution in [3.63, 3.8) is 0 Å². The summed E-state index contributed by atoms with van der Waals surface area (Å²) in [5.41, 5.74) is 3.40. The Kier molecular flexibility index (Phi) is 13.1. The number of aryl methyl sites for hydroxylation is 2. The summed E-state index contributed by atoms with van der Waals surface area (Å²) >= 11 is 12.1. The summed E-state index contributed by atoms with van der Waals surface area (Å²) in [6, 6.07) is 11.0. The number of hydrogen-bond donors (Lipinski definition) is 3. The van der Waals surface area contributed by atoms with Crippen LogP contribution < -0.4 is 15.4 Å². The van der Waals surface area contributed by atoms with Crippen molar-refractivity contribution < 1.29 is 33.7 Å². The van der Waals surface area contributed by atoms with Gasteiger partial charge in [0.2, 0.25) is 17.7 Å². The van der Waals surface area contributed by atoms with Crippen LogP contribution in [-0.4, -0.2) is 96.1 Å². The number of carbonyl (C=O) groups excluding carboxylic acids is 3. The molecular weight excluding hydrogens is 661 g/mol. The molecule has 258 valence electrons. The predicted octanol–water partition coefficient (Wildman–Crippen LogP) is 3.17. The molecule has 1 aromatic heterocycles. The Balaban J connectivity index is 1.03. The van der Waals surface area contributed by atoms with Gasteiger partial charge in [0.15, 0.2) is 0 Å². The summed E-state index contributed by atoms with van der Waals surface area (Å²) in [7, 11) is 0. The van der Waals surface area contributed by atoms with E-state index in [9.17, 15) is 19.5 Å². The maximum absolute atomic E-state index is 12.8. The fraction of sp³-hybridized carbons (Fsp3) is 0.471. The Bertz CT molecular complexity index is 1560. The van der Waals surface area contributed by atoms with Crippen molar-refractivity contribution in [3.8, 4) is 17.0 Å². The molecule has 3 aromatic rings. The van der Waals surface area contributed by atoms with Gasteiger partial charge in [-0.05, 0) is 48.7 Å². The number of β-amino-alcohol motifs (C(OH)–C–C–N with tert-alkyl or cyclic N) is 1. The van der Waals surface area contributed by atoms with Gasteiger partial charge in [0.25, 0.3) is 0 Å². The van der Waals surface area contributed by atoms with Crippen LogP contribution in [-0.2, 0) is 49.8 Å². The molecule has 3 heterocycles. The monoisotopic (exact) mass is 701 g/mol. The van der Waals surface area contributed by atoms with Crippen LogP contribution in [0.15, 0.2) is 42.6 Å². The number of nitrogens with one attached hydrogen (secondary N) is 2. The molecule has 0 radical (unpaired) electrons. The van der Waals surface area contributed by atoms with Crippen LogP contribution in [0.4, 0.5) is 0 Å². The largest absolute Gasteiger partial charge is 0.491 e. The van der Waals surface area contributed by atoms with Crippen molar-refractivity contribution >= 4 is 40.9 Å². The number of aromatic nitrogens is 2. The van der Waals surface area contributed by atoms with Crippen molar-refractivity contribution in [2.24, 2.45) is 0 Å². The zero-order valence-corrected chi connectivity index (χ0v) is 28.2. The van der Waals surface area contributed by atoms with E-state index in [1.165, 1.54) is 0 Å². The van der Waals surface area contributed by atoms with E-state index in [0.717, 1.165) is 47.6 Å². The van der Waals surface area contributed by atoms with Crippen LogP contribution in [0.5, 0.6) is 5.75 Å². The molecule has 12 nitrogen and oxygen atoms in total. The third kappa shape index (κ3) is 10.4. The van der Waals surface area contributed by atoms with Crippen LogP contribution in [0.3, 0.4) is 0 Å². The zero-order chi connectivity index (χ0) is 33.9. The maximum atomic E-state index is 12.8. The summed E-state index contributed by atoms with van der Waals surface area (Å²) in [5.74, 6) is 1.07. The molecule has 5 rings (SSSR count). The van der Waals surface area contributed by atoms with E-state index in [4.69, 9.17) is 42.4 Å². The third-order valence-electron chi connectivity index (χ3n) is 8.12. The summed E-state index contributed by atoms with van der Waals surface area (Å²) < 4.78 is 19.3. The highest BCUT2D eigenvalue weighted by Gasteiger charge is 2.24. The minimum Gasteiger partial charge on any atom is -0.491 e. The summed E-state index contributed by atoms with van der Waals surface area (Å²) in [6.45, 7) is 3.38. The number of aliphatic hydroxyl groups excluding tert-OH is 1. The number of ether oxygens (including phenoxy) is 3. The smallest absolute Gasteiger partial charge is 0.242 e. The molecule has 2 aliphatic heterocycles. The average molecular weight is 703 g/mol. The highest BCUT2D eigenvalue weighted by Crippen LogP contribution is 2.28. The Morgan fingerprint density at radius 1 is 0.938 bits per heavy atom. The summed E-state index contributed by atoms with van der Waals surface area (Å²) in [5, 5.41) is 15.9. The summed E-state index contributed by atoms with van der Waals surface area (Å²) in [4.78, 5) is 43.2. The van der Waals surface area contributed by atoms with Crippen LogP contribution >= 0.6 is 23.2 Å². The fourth-order valence-electron chi connectivity index (χ4n) is 5.54. The van der Waals surface area contributed by atoms with Crippen molar-refractivity contribution in [2.75, 3.05) is 52.7 Å². The van der Waals surface area contributed by atoms with Gasteiger partial charge in [-0.3, -0.25) is 14.4 Å². The fourth-order valence-corrected chi connectivity index (χ4v) is 5.86. The van der Waals surface area contributed by atoms with Gasteiger partial charge in [-0.1, -0.05) is 29.3 Å². The van der Waals surface area contributed by atoms with Crippen LogP contribution in [0, 0.1) is 0 Å². The highest BCUT2D eigenvalue weighted by atomic mass is 35.5. The van der Waals surface area contributed by atoms with Crippen molar-refractivity contribution in [3.05, 3.63) is 69.6 Å². The molecule has 1 saturated heterocycles. The molecular formula is C34H41Cl2N5O7. The van der Waals surface area contributed by atoms with Gasteiger partial charge in [0, 0.05) is 56.3 Å². The molecule has 0 aliphatic carbocycles. The number of aliphatic hydroxyl groups is 1. The van der Waals surface area contributed by atoms with E-state index in [2.05, 4.69) is 21.4 Å². The zero-order valence-electron chi connectivity index (χ0n) is 26.7. The number of benzene rings is 2. The van der Waals surface area contributed by atoms with Crippen molar-refractivity contribution in [2.45, 2.75) is 51.3 Å². The number of halogens is 2. The van der Waals surface area contributed by atoms with E-state index in [0.29, 0.717) is 55.1 Å². The first kappa shape index (κ1) is 35.6. The average Bonchev–Trinajstić information content (AvgIpc) is 3.81. The Morgan fingerprint density at radius 3 is 2.52 bits per heavy atom. The van der Waals surface area contributed by atoms with E-state index in [1.807, 2.05) is 18.2 Å². The van der Waals surface area contributed by atoms with Crippen molar-refractivity contribution in [1.82, 2.24) is 25.1 Å². The molecule has 3 amide bonds. The molecule has 1 unspecified atom stereocenters. The van der Waals surface area contributed by atoms with E-state index >= 15 is 0 Å². The number of carbonyl (C=O) groups is 3. The topological polar surface area (TPSA) is 144 Å². The van der Waals surface area contributed by atoms with Crippen LogP contribution in [0.1, 0.15) is 36.2 Å². The first-order valence-electron chi connectivity index (χ1n) is 16.2. The van der Waals surface area contributed by atoms with Gasteiger partial charge in [0.1, 0.15) is 18.2 Å². The lowest BCUT2D eigenvalue weighted by Crippen LogP contribution is -2.39. The second-order valence-corrected chi connectivity index (χ2v) is 12.6. The Morgan fingerprint density at radius 2 is 1.75 bits per heavy atom. The van der Waals surface area contributed by atoms with Gasteiger partial charge < -0.3 is 39.4 Å². The summed E-state index contributed by atoms with van der Waals surface area (Å²) in [6.07, 6.45) is 4.49. The lowest BCUT2D eigenvalue weighted by Gasteiger charge is -2.15. The highest BCUT2D eigenvalue weighted by molar-refractivity contribution is 6.42. The third-order valence-corrected chi connectivity index (χ3v) is 8.86. The Labute approximate surface area is 289 Å². The molecule has 1 fully saturated rings. The normalized spacial score (nSPS) is 15.4. The first-order chi connectivity index (χ1) is 23.2. The molecule has 2 aliphatic rings. The number of rotatable bonds is 17. The molecule has 1 atom stereocenters. The van der Waals surface area contributed by atoms with E-state index in [-0.39, 0.29) is 56.9 Å². The lowest BCUT2D eigenvalue weighted by atomic mass is 10.1. The number of hydrogen-bond acceptors (Lipinski definition) is 8. The molecule has 0 bridgehead atoms. The van der Waals surface area contributed by atoms with Crippen molar-refractivity contribution in [1.29, 1.82) is 0 Å². The van der Waals surface area contributed by atoms with Gasteiger partial charge in [-0.25, -0.2) is 4.98 Å². The predicted molar refractivity (Wildman–Crippen MR) is 180 cm³/mol. The Hall–Kier alpha value is -3.68. The van der Waals surface area contributed by atoms with Gasteiger partial charge >= 0.3 is 0 Å². The standard InChI is InChI=1S/C34H41Cl2N5O7/c35-27-5-3-23(16-28(27)36)17-33(44)37-19-25-18-24(29-22-40-9-1-2-31(40)39-29)4-6-30(25)48-15-14-47-13-12-46-11-8-32(43)38-20-34(45)41-10-7-26(42)21-41/h3-6,16,18,22,26,42H,1-2,7-15,17,19-21H2,(H,37,44)(H,38,43). The lowest BCUT2D eigenvalue weighted by molar-refractivity contribution is -0.132. The second kappa shape index (κ2) is 17.6. The number of fused-ring (bicyclic) bond motifs is 1. The molecule has 14 heteroatoms. The number of nitrogens with zero attached hydrogens (tertiary/aromatic N) is 3. The van der Waals surface area contributed by atoms with Crippen LogP contribution in [0.2, 0.25) is 10.0 Å². The molecule has 48 heavy (non-hydrogen) atoms. The van der Waals surface area contributed by atoms with E-state index in [1.54, 1.807) is 23.1 Å².